The summed E-state index contributed by atoms with van der Waals surface area (Å²) in [5.74, 6) is 0.655. The van der Waals surface area contributed by atoms with Crippen LogP contribution in [0.1, 0.15) is 17.8 Å². The van der Waals surface area contributed by atoms with E-state index in [9.17, 15) is 9.59 Å². The average molecular weight is 313 g/mol. The van der Waals surface area contributed by atoms with E-state index in [0.29, 0.717) is 18.0 Å². The van der Waals surface area contributed by atoms with Crippen LogP contribution in [0.4, 0.5) is 0 Å². The number of H-pyrrole nitrogens is 2. The largest absolute Gasteiger partial charge is 0.487 e. The summed E-state index contributed by atoms with van der Waals surface area (Å²) in [4.78, 5) is 23.1. The van der Waals surface area contributed by atoms with Gasteiger partial charge in [0.05, 0.1) is 5.69 Å². The zero-order chi connectivity index (χ0) is 15.8. The average Bonchev–Trinajstić information content (AvgIpc) is 3.21. The van der Waals surface area contributed by atoms with Gasteiger partial charge in [-0.3, -0.25) is 4.68 Å². The van der Waals surface area contributed by atoms with Gasteiger partial charge in [-0.05, 0) is 43.2 Å². The lowest BCUT2D eigenvalue weighted by molar-refractivity contribution is 0.299. The van der Waals surface area contributed by atoms with Gasteiger partial charge in [0.2, 0.25) is 0 Å². The highest BCUT2D eigenvalue weighted by Crippen LogP contribution is 2.18. The summed E-state index contributed by atoms with van der Waals surface area (Å²) in [7, 11) is 0. The van der Waals surface area contributed by atoms with Crippen LogP contribution in [0.25, 0.3) is 5.69 Å². The Hall–Kier alpha value is -3.03. The molecule has 0 fully saturated rings. The van der Waals surface area contributed by atoms with Crippen molar-refractivity contribution >= 4 is 0 Å². The molecule has 3 aromatic rings. The summed E-state index contributed by atoms with van der Waals surface area (Å²) in [5, 5.41) is 8.97. The number of aromatic nitrogens is 5. The minimum absolute atomic E-state index is 0.393. The molecular weight excluding hydrogens is 298 g/mol. The van der Waals surface area contributed by atoms with Crippen LogP contribution in [-0.4, -0.2) is 24.5 Å². The maximum absolute atomic E-state index is 11.5. The smallest absolute Gasteiger partial charge is 0.348 e. The van der Waals surface area contributed by atoms with Crippen LogP contribution >= 0.6 is 0 Å². The van der Waals surface area contributed by atoms with Crippen molar-refractivity contribution in [1.82, 2.24) is 24.5 Å². The number of benzene rings is 1. The van der Waals surface area contributed by atoms with E-state index in [0.717, 1.165) is 29.6 Å². The zero-order valence-electron chi connectivity index (χ0n) is 12.3. The Morgan fingerprint density at radius 3 is 2.57 bits per heavy atom. The Labute approximate surface area is 130 Å². The van der Waals surface area contributed by atoms with Crippen LogP contribution in [0.5, 0.6) is 5.75 Å². The van der Waals surface area contributed by atoms with Crippen molar-refractivity contribution in [3.63, 3.8) is 0 Å². The zero-order valence-corrected chi connectivity index (χ0v) is 12.3. The van der Waals surface area contributed by atoms with Gasteiger partial charge in [0, 0.05) is 12.2 Å². The molecule has 0 atom stereocenters. The molecule has 3 heterocycles. The fourth-order valence-electron chi connectivity index (χ4n) is 2.78. The number of ether oxygens (including phenoxy) is 1. The molecule has 8 nitrogen and oxygen atoms in total. The molecule has 0 aliphatic carbocycles. The Bertz CT molecular complexity index is 896. The summed E-state index contributed by atoms with van der Waals surface area (Å²) < 4.78 is 8.74. The molecule has 0 radical (unpaired) electrons. The molecule has 0 spiro atoms. The van der Waals surface area contributed by atoms with Crippen molar-refractivity contribution in [3.05, 3.63) is 62.7 Å². The van der Waals surface area contributed by atoms with E-state index in [1.54, 1.807) is 24.3 Å². The standard InChI is InChI=1S/C15H15N5O3/c21-14-16-17-15(22)20(14)11-3-5-13(6-4-11)23-9-10-8-12-2-1-7-19(12)18-10/h3-6,8H,1-2,7,9H2,(H,16,21)(H,17,22). The third-order valence-corrected chi connectivity index (χ3v) is 3.88. The number of fused-ring (bicyclic) bond motifs is 1. The van der Waals surface area contributed by atoms with Crippen LogP contribution in [-0.2, 0) is 19.6 Å². The van der Waals surface area contributed by atoms with E-state index in [-0.39, 0.29) is 0 Å². The number of aryl methyl sites for hydroxylation is 2. The van der Waals surface area contributed by atoms with Crippen LogP contribution in [0.3, 0.4) is 0 Å². The normalized spacial score (nSPS) is 13.2. The number of rotatable bonds is 4. The van der Waals surface area contributed by atoms with Crippen LogP contribution in [0, 0.1) is 0 Å². The summed E-state index contributed by atoms with van der Waals surface area (Å²) in [6, 6.07) is 8.83. The van der Waals surface area contributed by atoms with Crippen molar-refractivity contribution in [2.45, 2.75) is 26.0 Å². The van der Waals surface area contributed by atoms with Crippen molar-refractivity contribution in [1.29, 1.82) is 0 Å². The first-order valence-corrected chi connectivity index (χ1v) is 7.39. The minimum atomic E-state index is -0.504. The molecule has 0 unspecified atom stereocenters. The second kappa shape index (κ2) is 5.31. The molecule has 1 aromatic carbocycles. The molecule has 0 bridgehead atoms. The quantitative estimate of drug-likeness (QED) is 0.736. The van der Waals surface area contributed by atoms with Crippen molar-refractivity contribution in [2.24, 2.45) is 0 Å². The topological polar surface area (TPSA) is 97.7 Å². The number of nitrogens with one attached hydrogen (secondary N) is 2. The maximum Gasteiger partial charge on any atom is 0.348 e. The Kier molecular flexibility index (Phi) is 3.14. The molecule has 1 aliphatic rings. The van der Waals surface area contributed by atoms with Gasteiger partial charge in [0.1, 0.15) is 18.1 Å². The van der Waals surface area contributed by atoms with E-state index in [2.05, 4.69) is 21.4 Å². The molecule has 23 heavy (non-hydrogen) atoms. The fraction of sp³-hybridized carbons (Fsp3) is 0.267. The first-order valence-electron chi connectivity index (χ1n) is 7.39. The van der Waals surface area contributed by atoms with Crippen LogP contribution in [0.2, 0.25) is 0 Å². The molecule has 0 amide bonds. The highest BCUT2D eigenvalue weighted by molar-refractivity contribution is 5.37. The van der Waals surface area contributed by atoms with E-state index in [1.165, 1.54) is 5.69 Å². The van der Waals surface area contributed by atoms with E-state index in [1.807, 2.05) is 4.68 Å². The predicted octanol–water partition coefficient (Wildman–Crippen LogP) is 0.576. The van der Waals surface area contributed by atoms with Crippen molar-refractivity contribution in [3.8, 4) is 11.4 Å². The maximum atomic E-state index is 11.5. The second-order valence-electron chi connectivity index (χ2n) is 5.43. The number of aromatic amines is 2. The summed E-state index contributed by atoms with van der Waals surface area (Å²) in [6.07, 6.45) is 2.23. The monoisotopic (exact) mass is 313 g/mol. The first kappa shape index (κ1) is 13.6. The number of hydrogen-bond donors (Lipinski definition) is 2. The molecule has 8 heteroatoms. The van der Waals surface area contributed by atoms with Gasteiger partial charge in [-0.15, -0.1) is 0 Å². The van der Waals surface area contributed by atoms with Crippen molar-refractivity contribution in [2.75, 3.05) is 0 Å². The van der Waals surface area contributed by atoms with Crippen LogP contribution < -0.4 is 16.1 Å². The SMILES string of the molecule is O=c1[nH][nH]c(=O)n1-c1ccc(OCc2cc3n(n2)CCC3)cc1. The van der Waals surface area contributed by atoms with Gasteiger partial charge in [-0.1, -0.05) is 0 Å². The minimum Gasteiger partial charge on any atom is -0.487 e. The second-order valence-corrected chi connectivity index (χ2v) is 5.43. The van der Waals surface area contributed by atoms with Gasteiger partial charge in [-0.25, -0.2) is 24.4 Å². The van der Waals surface area contributed by atoms with Gasteiger partial charge < -0.3 is 4.74 Å². The van der Waals surface area contributed by atoms with Gasteiger partial charge in [0.25, 0.3) is 0 Å². The van der Waals surface area contributed by atoms with Crippen molar-refractivity contribution < 1.29 is 4.74 Å². The lowest BCUT2D eigenvalue weighted by Gasteiger charge is -2.05. The lowest BCUT2D eigenvalue weighted by atomic mass is 10.3. The highest BCUT2D eigenvalue weighted by Gasteiger charge is 2.13. The lowest BCUT2D eigenvalue weighted by Crippen LogP contribution is -2.24. The Morgan fingerprint density at radius 2 is 1.87 bits per heavy atom. The Morgan fingerprint density at radius 1 is 1.13 bits per heavy atom. The summed E-state index contributed by atoms with van der Waals surface area (Å²) in [5.41, 5.74) is 1.63. The molecule has 2 aromatic heterocycles. The number of hydrogen-bond acceptors (Lipinski definition) is 4. The molecule has 1 aliphatic heterocycles. The molecule has 4 rings (SSSR count). The highest BCUT2D eigenvalue weighted by atomic mass is 16.5. The van der Waals surface area contributed by atoms with Gasteiger partial charge in [0.15, 0.2) is 0 Å². The molecule has 0 saturated heterocycles. The number of nitrogens with zero attached hydrogens (tertiary/aromatic N) is 3. The van der Waals surface area contributed by atoms with Crippen LogP contribution in [0.15, 0.2) is 39.9 Å². The summed E-state index contributed by atoms with van der Waals surface area (Å²) >= 11 is 0. The summed E-state index contributed by atoms with van der Waals surface area (Å²) in [6.45, 7) is 1.37. The molecular formula is C15H15N5O3. The molecule has 2 N–H and O–H groups in total. The predicted molar refractivity (Wildman–Crippen MR) is 81.9 cm³/mol. The van der Waals surface area contributed by atoms with Gasteiger partial charge in [-0.2, -0.15) is 5.10 Å². The third kappa shape index (κ3) is 2.48. The van der Waals surface area contributed by atoms with E-state index in [4.69, 9.17) is 4.74 Å². The first-order chi connectivity index (χ1) is 11.2. The third-order valence-electron chi connectivity index (χ3n) is 3.88. The fourth-order valence-corrected chi connectivity index (χ4v) is 2.78. The van der Waals surface area contributed by atoms with E-state index < -0.39 is 11.4 Å². The molecule has 0 saturated carbocycles. The Balaban J connectivity index is 1.48. The van der Waals surface area contributed by atoms with E-state index >= 15 is 0 Å². The van der Waals surface area contributed by atoms with Gasteiger partial charge >= 0.3 is 11.4 Å². The molecule has 118 valence electrons.